The Kier molecular flexibility index (Phi) is 7.35. The molecule has 0 spiro atoms. The zero-order valence-corrected chi connectivity index (χ0v) is 22.5. The molecule has 2 unspecified atom stereocenters. The van der Waals surface area contributed by atoms with Gasteiger partial charge < -0.3 is 14.5 Å². The van der Waals surface area contributed by atoms with Crippen LogP contribution in [0.4, 0.5) is 0 Å². The number of piperidine rings is 2. The lowest BCUT2D eigenvalue weighted by Gasteiger charge is -2.43. The third kappa shape index (κ3) is 4.80. The Labute approximate surface area is 225 Å². The van der Waals surface area contributed by atoms with Crippen LogP contribution >= 0.6 is 0 Å². The molecule has 3 aromatic rings. The highest BCUT2D eigenvalue weighted by molar-refractivity contribution is 6.18. The van der Waals surface area contributed by atoms with Gasteiger partial charge in [0, 0.05) is 39.3 Å². The summed E-state index contributed by atoms with van der Waals surface area (Å²) in [6, 6.07) is 19.3. The molecule has 0 aromatic heterocycles. The number of fused-ring (bicyclic) bond motifs is 2. The second-order valence-electron chi connectivity index (χ2n) is 11.3. The van der Waals surface area contributed by atoms with E-state index in [-0.39, 0.29) is 17.9 Å². The Morgan fingerprint density at radius 2 is 1.50 bits per heavy atom. The van der Waals surface area contributed by atoms with Gasteiger partial charge >= 0.3 is 0 Å². The van der Waals surface area contributed by atoms with Gasteiger partial charge in [0.1, 0.15) is 0 Å². The predicted molar refractivity (Wildman–Crippen MR) is 151 cm³/mol. The van der Waals surface area contributed by atoms with Gasteiger partial charge in [-0.2, -0.15) is 0 Å². The molecule has 0 N–H and O–H groups in total. The molecule has 200 valence electrons. The Morgan fingerprint density at radius 1 is 0.842 bits per heavy atom. The molecule has 3 aromatic carbocycles. The van der Waals surface area contributed by atoms with Crippen molar-refractivity contribution in [2.75, 3.05) is 46.4 Å². The highest BCUT2D eigenvalue weighted by atomic mass is 16.5. The topological polar surface area (TPSA) is 53.1 Å². The number of ether oxygens (including phenoxy) is 1. The van der Waals surface area contributed by atoms with Gasteiger partial charge in [0.25, 0.3) is 5.91 Å². The fourth-order valence-corrected chi connectivity index (χ4v) is 7.10. The molecule has 2 amide bonds. The maximum atomic E-state index is 13.9. The van der Waals surface area contributed by atoms with Gasteiger partial charge in [0.2, 0.25) is 5.91 Å². The molecule has 2 atom stereocenters. The molecule has 6 heteroatoms. The first-order chi connectivity index (χ1) is 18.6. The van der Waals surface area contributed by atoms with Crippen molar-refractivity contribution in [2.45, 2.75) is 50.6 Å². The number of methoxy groups -OCH3 is 1. The quantitative estimate of drug-likeness (QED) is 0.453. The molecule has 0 bridgehead atoms. The normalized spacial score (nSPS) is 23.4. The van der Waals surface area contributed by atoms with E-state index in [1.165, 1.54) is 0 Å². The molecule has 0 radical (unpaired) electrons. The molecule has 6 nitrogen and oxygen atoms in total. The minimum absolute atomic E-state index is 0.0860. The summed E-state index contributed by atoms with van der Waals surface area (Å²) in [6.07, 6.45) is 6.11. The van der Waals surface area contributed by atoms with Crippen LogP contribution in [0.15, 0.2) is 54.6 Å². The van der Waals surface area contributed by atoms with E-state index < -0.39 is 0 Å². The molecule has 0 saturated carbocycles. The van der Waals surface area contributed by atoms with Gasteiger partial charge in [-0.1, -0.05) is 48.5 Å². The number of rotatable bonds is 5. The number of amides is 2. The number of likely N-dealkylation sites (tertiary alicyclic amines) is 3. The summed E-state index contributed by atoms with van der Waals surface area (Å²) in [4.78, 5) is 34.0. The summed E-state index contributed by atoms with van der Waals surface area (Å²) in [7, 11) is 1.73. The van der Waals surface area contributed by atoms with Gasteiger partial charge in [0.15, 0.2) is 0 Å². The zero-order valence-electron chi connectivity index (χ0n) is 22.5. The smallest absolute Gasteiger partial charge is 0.255 e. The molecule has 3 aliphatic rings. The SMILES string of the molecule is COCC1CCCN1C(=O)C1CCCN(C2CCN(C(=O)c3c4ccccc4cc4ccccc34)CC2)C1. The van der Waals surface area contributed by atoms with E-state index >= 15 is 0 Å². The summed E-state index contributed by atoms with van der Waals surface area (Å²) in [6.45, 7) is 4.93. The molecule has 3 heterocycles. The number of hydrogen-bond acceptors (Lipinski definition) is 4. The van der Waals surface area contributed by atoms with E-state index in [1.807, 2.05) is 24.3 Å². The van der Waals surface area contributed by atoms with Crippen molar-refractivity contribution in [1.82, 2.24) is 14.7 Å². The van der Waals surface area contributed by atoms with E-state index in [0.717, 1.165) is 98.4 Å². The molecule has 3 aliphatic heterocycles. The third-order valence-corrected chi connectivity index (χ3v) is 9.07. The molecular weight excluding hydrogens is 474 g/mol. The van der Waals surface area contributed by atoms with Crippen molar-refractivity contribution in [3.63, 3.8) is 0 Å². The van der Waals surface area contributed by atoms with E-state index in [4.69, 9.17) is 4.74 Å². The average molecular weight is 514 g/mol. The van der Waals surface area contributed by atoms with Gasteiger partial charge in [-0.3, -0.25) is 14.5 Å². The summed E-state index contributed by atoms with van der Waals surface area (Å²) >= 11 is 0. The van der Waals surface area contributed by atoms with Gasteiger partial charge in [-0.15, -0.1) is 0 Å². The van der Waals surface area contributed by atoms with Crippen LogP contribution in [0.3, 0.4) is 0 Å². The molecule has 6 rings (SSSR count). The van der Waals surface area contributed by atoms with Crippen LogP contribution in [-0.4, -0.2) is 85.0 Å². The monoisotopic (exact) mass is 513 g/mol. The Bertz CT molecular complexity index is 1260. The lowest BCUT2D eigenvalue weighted by molar-refractivity contribution is -0.139. The first kappa shape index (κ1) is 25.3. The predicted octanol–water partition coefficient (Wildman–Crippen LogP) is 4.95. The highest BCUT2D eigenvalue weighted by Crippen LogP contribution is 2.32. The van der Waals surface area contributed by atoms with Gasteiger partial charge in [0.05, 0.1) is 24.1 Å². The summed E-state index contributed by atoms with van der Waals surface area (Å²) < 4.78 is 5.38. The first-order valence-electron chi connectivity index (χ1n) is 14.4. The van der Waals surface area contributed by atoms with Crippen LogP contribution in [-0.2, 0) is 9.53 Å². The fourth-order valence-electron chi connectivity index (χ4n) is 7.10. The van der Waals surface area contributed by atoms with E-state index in [1.54, 1.807) is 7.11 Å². The second-order valence-corrected chi connectivity index (χ2v) is 11.3. The van der Waals surface area contributed by atoms with E-state index in [9.17, 15) is 9.59 Å². The first-order valence-corrected chi connectivity index (χ1v) is 14.4. The standard InChI is InChI=1S/C32H39N3O3/c1-38-22-27-11-7-17-35(27)31(36)25-10-6-16-34(21-25)26-14-18-33(19-15-26)32(37)30-28-12-4-2-8-23(28)20-24-9-3-5-13-29(24)30/h2-5,8-9,12-13,20,25-27H,6-7,10-11,14-19,21-22H2,1H3. The van der Waals surface area contributed by atoms with Crippen LogP contribution < -0.4 is 0 Å². The van der Waals surface area contributed by atoms with Crippen LogP contribution in [0.2, 0.25) is 0 Å². The Balaban J connectivity index is 1.13. The number of nitrogens with zero attached hydrogens (tertiary/aromatic N) is 3. The van der Waals surface area contributed by atoms with Crippen molar-refractivity contribution in [1.29, 1.82) is 0 Å². The molecule has 0 aliphatic carbocycles. The van der Waals surface area contributed by atoms with Crippen molar-refractivity contribution < 1.29 is 14.3 Å². The van der Waals surface area contributed by atoms with Crippen LogP contribution in [0.5, 0.6) is 0 Å². The Hall–Kier alpha value is -2.96. The highest BCUT2D eigenvalue weighted by Gasteiger charge is 2.37. The lowest BCUT2D eigenvalue weighted by atomic mass is 9.92. The zero-order chi connectivity index (χ0) is 26.1. The largest absolute Gasteiger partial charge is 0.383 e. The van der Waals surface area contributed by atoms with Crippen LogP contribution in [0.25, 0.3) is 21.5 Å². The summed E-state index contributed by atoms with van der Waals surface area (Å²) in [5, 5.41) is 4.28. The lowest BCUT2D eigenvalue weighted by Crippen LogP contribution is -2.52. The average Bonchev–Trinajstić information content (AvgIpc) is 3.44. The third-order valence-electron chi connectivity index (χ3n) is 9.07. The van der Waals surface area contributed by atoms with Crippen LogP contribution in [0.1, 0.15) is 48.9 Å². The van der Waals surface area contributed by atoms with E-state index in [0.29, 0.717) is 18.6 Å². The molecule has 3 fully saturated rings. The minimum atomic E-state index is 0.0860. The van der Waals surface area contributed by atoms with E-state index in [2.05, 4.69) is 45.0 Å². The number of carbonyl (C=O) groups is 2. The fraction of sp³-hybridized carbons (Fsp3) is 0.500. The Morgan fingerprint density at radius 3 is 2.18 bits per heavy atom. The van der Waals surface area contributed by atoms with Crippen molar-refractivity contribution in [3.05, 3.63) is 60.2 Å². The van der Waals surface area contributed by atoms with Crippen molar-refractivity contribution in [3.8, 4) is 0 Å². The van der Waals surface area contributed by atoms with Crippen LogP contribution in [0, 0.1) is 5.92 Å². The minimum Gasteiger partial charge on any atom is -0.383 e. The molecule has 38 heavy (non-hydrogen) atoms. The number of hydrogen-bond donors (Lipinski definition) is 0. The van der Waals surface area contributed by atoms with Crippen molar-refractivity contribution >= 4 is 33.4 Å². The second kappa shape index (κ2) is 11.0. The molecule has 3 saturated heterocycles. The van der Waals surface area contributed by atoms with Gasteiger partial charge in [-0.25, -0.2) is 0 Å². The summed E-state index contributed by atoms with van der Waals surface area (Å²) in [5.41, 5.74) is 0.831. The van der Waals surface area contributed by atoms with Gasteiger partial charge in [-0.05, 0) is 72.7 Å². The maximum absolute atomic E-state index is 13.9. The molecular formula is C32H39N3O3. The van der Waals surface area contributed by atoms with Crippen molar-refractivity contribution in [2.24, 2.45) is 5.92 Å². The number of benzene rings is 3. The summed E-state index contributed by atoms with van der Waals surface area (Å²) in [5.74, 6) is 0.550. The maximum Gasteiger partial charge on any atom is 0.255 e. The number of carbonyl (C=O) groups excluding carboxylic acids is 2.